The highest BCUT2D eigenvalue weighted by atomic mass is 79.9. The molecule has 6 nitrogen and oxygen atoms in total. The molecule has 10 heteroatoms. The number of carboxylic acids is 1. The summed E-state index contributed by atoms with van der Waals surface area (Å²) in [5.41, 5.74) is 0. The van der Waals surface area contributed by atoms with Gasteiger partial charge in [0.2, 0.25) is 5.91 Å². The van der Waals surface area contributed by atoms with Crippen molar-refractivity contribution in [2.24, 2.45) is 11.8 Å². The van der Waals surface area contributed by atoms with Gasteiger partial charge in [-0.05, 0) is 28.1 Å². The van der Waals surface area contributed by atoms with Crippen molar-refractivity contribution in [2.75, 3.05) is 25.0 Å². The van der Waals surface area contributed by atoms with Crippen LogP contribution in [0.5, 0.6) is 0 Å². The summed E-state index contributed by atoms with van der Waals surface area (Å²) in [5, 5.41) is 11.4. The first-order valence-electron chi connectivity index (χ1n) is 6.60. The molecule has 1 aliphatic heterocycles. The fourth-order valence-electron chi connectivity index (χ4n) is 2.43. The van der Waals surface area contributed by atoms with Crippen molar-refractivity contribution in [3.05, 3.63) is 22.8 Å². The second-order valence-corrected chi connectivity index (χ2v) is 6.11. The Labute approximate surface area is 137 Å². The maximum atomic E-state index is 12.9. The average Bonchev–Trinajstić information content (AvgIpc) is 2.85. The quantitative estimate of drug-likeness (QED) is 0.814. The van der Waals surface area contributed by atoms with Crippen LogP contribution in [0.15, 0.2) is 22.8 Å². The number of nitrogens with zero attached hydrogens (tertiary/aromatic N) is 2. The molecule has 0 spiro atoms. The first-order valence-corrected chi connectivity index (χ1v) is 7.39. The maximum Gasteiger partial charge on any atom is 0.393 e. The van der Waals surface area contributed by atoms with E-state index in [1.807, 2.05) is 0 Å². The van der Waals surface area contributed by atoms with Gasteiger partial charge in [-0.25, -0.2) is 4.98 Å². The second-order valence-electron chi connectivity index (χ2n) is 5.20. The SMILES string of the molecule is O=C(CN1C[C@@H](C(F)(F)F)[C@H](C(=O)O)C1)Nc1ccc(Br)cn1. The molecular weight excluding hydrogens is 383 g/mol. The van der Waals surface area contributed by atoms with Crippen LogP contribution in [0, 0.1) is 11.8 Å². The number of likely N-dealkylation sites (tertiary alicyclic amines) is 1. The third kappa shape index (κ3) is 4.64. The van der Waals surface area contributed by atoms with Crippen LogP contribution >= 0.6 is 15.9 Å². The number of pyridine rings is 1. The van der Waals surface area contributed by atoms with Gasteiger partial charge in [0.15, 0.2) is 0 Å². The summed E-state index contributed by atoms with van der Waals surface area (Å²) in [7, 11) is 0. The normalized spacial score (nSPS) is 22.1. The summed E-state index contributed by atoms with van der Waals surface area (Å²) < 4.78 is 39.3. The Balaban J connectivity index is 1.96. The number of carbonyl (C=O) groups is 2. The molecule has 1 aromatic rings. The van der Waals surface area contributed by atoms with Gasteiger partial charge in [-0.2, -0.15) is 13.2 Å². The number of amides is 1. The zero-order valence-corrected chi connectivity index (χ0v) is 13.3. The fraction of sp³-hybridized carbons (Fsp3) is 0.462. The van der Waals surface area contributed by atoms with E-state index in [2.05, 4.69) is 26.2 Å². The Bertz CT molecular complexity index is 594. The number of carboxylic acid groups (broad SMARTS) is 1. The molecule has 23 heavy (non-hydrogen) atoms. The van der Waals surface area contributed by atoms with Crippen LogP contribution in [-0.4, -0.2) is 52.7 Å². The zero-order chi connectivity index (χ0) is 17.2. The molecule has 1 fully saturated rings. The highest BCUT2D eigenvalue weighted by Gasteiger charge is 2.52. The number of alkyl halides is 3. The van der Waals surface area contributed by atoms with E-state index in [0.29, 0.717) is 4.47 Å². The number of nitrogens with one attached hydrogen (secondary N) is 1. The Morgan fingerprint density at radius 1 is 1.39 bits per heavy atom. The number of carbonyl (C=O) groups excluding carboxylic acids is 1. The highest BCUT2D eigenvalue weighted by Crippen LogP contribution is 2.37. The number of aromatic nitrogens is 1. The molecule has 2 rings (SSSR count). The summed E-state index contributed by atoms with van der Waals surface area (Å²) in [4.78, 5) is 27.9. The number of anilines is 1. The molecule has 1 saturated heterocycles. The molecule has 0 aromatic carbocycles. The lowest BCUT2D eigenvalue weighted by Crippen LogP contribution is -2.34. The van der Waals surface area contributed by atoms with E-state index in [1.54, 1.807) is 6.07 Å². The molecule has 0 radical (unpaired) electrons. The topological polar surface area (TPSA) is 82.5 Å². The van der Waals surface area contributed by atoms with Gasteiger partial charge in [0.05, 0.1) is 18.4 Å². The van der Waals surface area contributed by atoms with Gasteiger partial charge in [0.25, 0.3) is 0 Å². The third-order valence-corrected chi connectivity index (χ3v) is 3.96. The molecule has 0 saturated carbocycles. The smallest absolute Gasteiger partial charge is 0.393 e. The Hall–Kier alpha value is -1.68. The van der Waals surface area contributed by atoms with Crippen LogP contribution in [0.2, 0.25) is 0 Å². The van der Waals surface area contributed by atoms with Crippen molar-refractivity contribution < 1.29 is 27.9 Å². The van der Waals surface area contributed by atoms with Gasteiger partial charge in [-0.15, -0.1) is 0 Å². The summed E-state index contributed by atoms with van der Waals surface area (Å²) in [6.07, 6.45) is -3.15. The molecule has 0 unspecified atom stereocenters. The van der Waals surface area contributed by atoms with Crippen molar-refractivity contribution in [1.29, 1.82) is 0 Å². The zero-order valence-electron chi connectivity index (χ0n) is 11.7. The van der Waals surface area contributed by atoms with E-state index in [0.717, 1.165) is 0 Å². The van der Waals surface area contributed by atoms with Gasteiger partial charge in [0, 0.05) is 23.8 Å². The molecular formula is C13H13BrF3N3O3. The average molecular weight is 396 g/mol. The first-order chi connectivity index (χ1) is 10.7. The first kappa shape index (κ1) is 17.7. The van der Waals surface area contributed by atoms with Crippen molar-refractivity contribution in [3.63, 3.8) is 0 Å². The molecule has 1 aliphatic rings. The number of aliphatic carboxylic acids is 1. The Morgan fingerprint density at radius 2 is 2.09 bits per heavy atom. The largest absolute Gasteiger partial charge is 0.481 e. The van der Waals surface area contributed by atoms with E-state index in [4.69, 9.17) is 5.11 Å². The lowest BCUT2D eigenvalue weighted by atomic mass is 9.96. The summed E-state index contributed by atoms with van der Waals surface area (Å²) in [6, 6.07) is 3.18. The number of hydrogen-bond acceptors (Lipinski definition) is 4. The lowest BCUT2D eigenvalue weighted by molar-refractivity contribution is -0.188. The Kier molecular flexibility index (Phi) is 5.25. The van der Waals surface area contributed by atoms with Gasteiger partial charge < -0.3 is 10.4 Å². The van der Waals surface area contributed by atoms with Crippen molar-refractivity contribution in [1.82, 2.24) is 9.88 Å². The second kappa shape index (κ2) is 6.83. The highest BCUT2D eigenvalue weighted by molar-refractivity contribution is 9.10. The lowest BCUT2D eigenvalue weighted by Gasteiger charge is -2.18. The van der Waals surface area contributed by atoms with Crippen LogP contribution in [0.3, 0.4) is 0 Å². The fourth-order valence-corrected chi connectivity index (χ4v) is 2.67. The number of halogens is 4. The van der Waals surface area contributed by atoms with Crippen molar-refractivity contribution >= 4 is 33.6 Å². The summed E-state index contributed by atoms with van der Waals surface area (Å²) in [6.45, 7) is -1.16. The number of rotatable bonds is 4. The van der Waals surface area contributed by atoms with Crippen molar-refractivity contribution in [3.8, 4) is 0 Å². The maximum absolute atomic E-state index is 12.9. The predicted molar refractivity (Wildman–Crippen MR) is 77.7 cm³/mol. The number of hydrogen-bond donors (Lipinski definition) is 2. The molecule has 2 atom stereocenters. The molecule has 2 N–H and O–H groups in total. The van der Waals surface area contributed by atoms with E-state index >= 15 is 0 Å². The minimum absolute atomic E-state index is 0.263. The van der Waals surface area contributed by atoms with E-state index in [9.17, 15) is 22.8 Å². The van der Waals surface area contributed by atoms with Crippen LogP contribution in [0.4, 0.5) is 19.0 Å². The van der Waals surface area contributed by atoms with Gasteiger partial charge >= 0.3 is 12.1 Å². The van der Waals surface area contributed by atoms with E-state index in [-0.39, 0.29) is 18.9 Å². The molecule has 2 heterocycles. The van der Waals surface area contributed by atoms with Gasteiger partial charge in [0.1, 0.15) is 5.82 Å². The Morgan fingerprint density at radius 3 is 2.57 bits per heavy atom. The molecule has 1 amide bonds. The molecule has 1 aromatic heterocycles. The minimum Gasteiger partial charge on any atom is -0.481 e. The van der Waals surface area contributed by atoms with Crippen molar-refractivity contribution in [2.45, 2.75) is 6.18 Å². The van der Waals surface area contributed by atoms with Crippen LogP contribution in [-0.2, 0) is 9.59 Å². The minimum atomic E-state index is -4.61. The predicted octanol–water partition coefficient (Wildman–Crippen LogP) is 1.98. The molecule has 126 valence electrons. The van der Waals surface area contributed by atoms with Gasteiger partial charge in [-0.3, -0.25) is 14.5 Å². The van der Waals surface area contributed by atoms with Crippen LogP contribution in [0.1, 0.15) is 0 Å². The van der Waals surface area contributed by atoms with E-state index < -0.39 is 36.4 Å². The standard InChI is InChI=1S/C13H13BrF3N3O3/c14-7-1-2-10(18-3-7)19-11(21)6-20-4-8(12(22)23)9(5-20)13(15,16)17/h1-3,8-9H,4-6H2,(H,22,23)(H,18,19,21)/t8-,9-/m1/s1. The van der Waals surface area contributed by atoms with E-state index in [1.165, 1.54) is 17.2 Å². The third-order valence-electron chi connectivity index (χ3n) is 3.50. The monoisotopic (exact) mass is 395 g/mol. The van der Waals surface area contributed by atoms with Crippen LogP contribution in [0.25, 0.3) is 0 Å². The molecule has 0 bridgehead atoms. The summed E-state index contributed by atoms with van der Waals surface area (Å²) in [5.74, 6) is -5.33. The van der Waals surface area contributed by atoms with Gasteiger partial charge in [-0.1, -0.05) is 0 Å². The summed E-state index contributed by atoms with van der Waals surface area (Å²) >= 11 is 3.18. The van der Waals surface area contributed by atoms with Crippen LogP contribution < -0.4 is 5.32 Å². The molecule has 0 aliphatic carbocycles.